The molecule has 0 bridgehead atoms. The lowest BCUT2D eigenvalue weighted by molar-refractivity contribution is -0.118. The number of ether oxygens (including phenoxy) is 1. The van der Waals surface area contributed by atoms with E-state index in [-0.39, 0.29) is 34.6 Å². The molecule has 1 aliphatic carbocycles. The minimum Gasteiger partial charge on any atom is -0.453 e. The first kappa shape index (κ1) is 30.6. The zero-order chi connectivity index (χ0) is 32.0. The van der Waals surface area contributed by atoms with E-state index in [2.05, 4.69) is 10.3 Å². The fraction of sp³-hybridized carbons (Fsp3) is 0.0789. The Morgan fingerprint density at radius 3 is 2.17 bits per heavy atom. The number of carbonyl (C=O) groups is 2. The van der Waals surface area contributed by atoms with E-state index < -0.39 is 23.2 Å². The minimum atomic E-state index is -0.699. The van der Waals surface area contributed by atoms with Gasteiger partial charge in [0.1, 0.15) is 16.7 Å². The first-order chi connectivity index (χ1) is 22.4. The van der Waals surface area contributed by atoms with Crippen LogP contribution in [-0.2, 0) is 16.0 Å². The summed E-state index contributed by atoms with van der Waals surface area (Å²) in [6, 6.07) is 30.7. The molecule has 0 fully saturated rings. The first-order valence-electron chi connectivity index (χ1n) is 14.6. The summed E-state index contributed by atoms with van der Waals surface area (Å²) in [4.78, 5) is 30.6. The number of carbonyl (C=O) groups excluding carboxylic acids is 2. The van der Waals surface area contributed by atoms with Crippen LogP contribution < -0.4 is 10.1 Å². The summed E-state index contributed by atoms with van der Waals surface area (Å²) in [7, 11) is 0. The third kappa shape index (κ3) is 6.80. The highest BCUT2D eigenvalue weighted by atomic mass is 35.5. The summed E-state index contributed by atoms with van der Waals surface area (Å²) in [5.41, 5.74) is 3.27. The number of Topliss-reactive ketones (excluding diaryl/α,β-unsaturated/α-hetero) is 2. The number of hydrogen-bond acceptors (Lipinski definition) is 5. The molecule has 1 N–H and O–H groups in total. The molecule has 5 nitrogen and oxygen atoms in total. The van der Waals surface area contributed by atoms with Crippen molar-refractivity contribution in [1.82, 2.24) is 4.98 Å². The monoisotopic (exact) mass is 632 g/mol. The molecule has 0 aliphatic heterocycles. The third-order valence-corrected chi connectivity index (χ3v) is 7.94. The first-order valence-corrected chi connectivity index (χ1v) is 15.0. The van der Waals surface area contributed by atoms with Gasteiger partial charge in [-0.3, -0.25) is 9.59 Å². The number of benzene rings is 4. The summed E-state index contributed by atoms with van der Waals surface area (Å²) in [6.07, 6.45) is 4.97. The number of rotatable bonds is 10. The van der Waals surface area contributed by atoms with E-state index in [4.69, 9.17) is 16.3 Å². The van der Waals surface area contributed by atoms with E-state index in [0.717, 1.165) is 11.1 Å². The highest BCUT2D eigenvalue weighted by Gasteiger charge is 2.25. The SMILES string of the molecule is O=C(Cc1ccc(Oc2ccnc(NC(c3ccccc3)c3ccccc3)c2Cl)c(F)c1)C1=CCC=C(c2ccc(F)cc2)C1=O. The maximum absolute atomic E-state index is 15.3. The second-order valence-electron chi connectivity index (χ2n) is 10.6. The zero-order valence-electron chi connectivity index (χ0n) is 24.4. The van der Waals surface area contributed by atoms with Crippen molar-refractivity contribution in [3.05, 3.63) is 172 Å². The van der Waals surface area contributed by atoms with Gasteiger partial charge >= 0.3 is 0 Å². The van der Waals surface area contributed by atoms with Crippen LogP contribution in [0.2, 0.25) is 5.02 Å². The highest BCUT2D eigenvalue weighted by Crippen LogP contribution is 2.37. The van der Waals surface area contributed by atoms with Crippen LogP contribution in [0.15, 0.2) is 133 Å². The smallest absolute Gasteiger partial charge is 0.196 e. The van der Waals surface area contributed by atoms with Gasteiger partial charge in [0.05, 0.1) is 11.6 Å². The van der Waals surface area contributed by atoms with E-state index in [9.17, 15) is 14.0 Å². The average molecular weight is 633 g/mol. The zero-order valence-corrected chi connectivity index (χ0v) is 25.2. The van der Waals surface area contributed by atoms with Gasteiger partial charge in [0.15, 0.2) is 28.9 Å². The van der Waals surface area contributed by atoms with Crippen LogP contribution >= 0.6 is 11.6 Å². The molecule has 1 heterocycles. The summed E-state index contributed by atoms with van der Waals surface area (Å²) < 4.78 is 34.5. The predicted octanol–water partition coefficient (Wildman–Crippen LogP) is 9.10. The summed E-state index contributed by atoms with van der Waals surface area (Å²) >= 11 is 6.72. The Labute approximate surface area is 269 Å². The van der Waals surface area contributed by atoms with Crippen LogP contribution in [0.1, 0.15) is 34.7 Å². The molecule has 8 heteroatoms. The fourth-order valence-electron chi connectivity index (χ4n) is 5.27. The van der Waals surface area contributed by atoms with Crippen molar-refractivity contribution in [3.8, 4) is 11.5 Å². The number of aromatic nitrogens is 1. The molecule has 4 aromatic carbocycles. The molecule has 1 aromatic heterocycles. The fourth-order valence-corrected chi connectivity index (χ4v) is 5.48. The van der Waals surface area contributed by atoms with Gasteiger partial charge in [-0.15, -0.1) is 0 Å². The van der Waals surface area contributed by atoms with Gasteiger partial charge in [-0.05, 0) is 52.9 Å². The molecule has 46 heavy (non-hydrogen) atoms. The van der Waals surface area contributed by atoms with E-state index in [0.29, 0.717) is 28.9 Å². The Morgan fingerprint density at radius 2 is 1.52 bits per heavy atom. The van der Waals surface area contributed by atoms with Gasteiger partial charge < -0.3 is 10.1 Å². The second-order valence-corrected chi connectivity index (χ2v) is 11.0. The van der Waals surface area contributed by atoms with E-state index >= 15 is 4.39 Å². The van der Waals surface area contributed by atoms with Gasteiger partial charge in [0.25, 0.3) is 0 Å². The normalized spacial score (nSPS) is 12.8. The average Bonchev–Trinajstić information content (AvgIpc) is 3.07. The molecule has 0 amide bonds. The lowest BCUT2D eigenvalue weighted by Crippen LogP contribution is -2.18. The van der Waals surface area contributed by atoms with Gasteiger partial charge in [-0.2, -0.15) is 0 Å². The van der Waals surface area contributed by atoms with Crippen LogP contribution in [0, 0.1) is 11.6 Å². The van der Waals surface area contributed by atoms with Crippen LogP contribution in [-0.4, -0.2) is 16.6 Å². The topological polar surface area (TPSA) is 68.3 Å². The molecule has 0 saturated carbocycles. The molecule has 5 aromatic rings. The number of anilines is 1. The van der Waals surface area contributed by atoms with Crippen LogP contribution in [0.3, 0.4) is 0 Å². The molecule has 0 spiro atoms. The number of nitrogens with zero attached hydrogens (tertiary/aromatic N) is 1. The lowest BCUT2D eigenvalue weighted by atomic mass is 9.88. The Balaban J connectivity index is 1.16. The van der Waals surface area contributed by atoms with Gasteiger partial charge in [-0.25, -0.2) is 13.8 Å². The maximum Gasteiger partial charge on any atom is 0.196 e. The van der Waals surface area contributed by atoms with E-state index in [1.807, 2.05) is 60.7 Å². The van der Waals surface area contributed by atoms with Crippen LogP contribution in [0.5, 0.6) is 11.5 Å². The Bertz CT molecular complexity index is 1920. The Kier molecular flexibility index (Phi) is 9.13. The predicted molar refractivity (Wildman–Crippen MR) is 175 cm³/mol. The molecular weight excluding hydrogens is 606 g/mol. The summed E-state index contributed by atoms with van der Waals surface area (Å²) in [6.45, 7) is 0. The standard InChI is InChI=1S/C38H27ClF2N2O3/c39-35-34(20-21-42-38(35)43-36(26-8-3-1-4-9-26)27-10-5-2-6-11-27)46-33-19-14-24(22-31(33)41)23-32(44)30-13-7-12-29(37(30)45)25-15-17-28(40)18-16-25/h1-6,8-22,36H,7,23H2,(H,42,43). The van der Waals surface area contributed by atoms with Crippen molar-refractivity contribution in [1.29, 1.82) is 0 Å². The summed E-state index contributed by atoms with van der Waals surface area (Å²) in [5, 5.41) is 3.57. The molecule has 0 saturated heterocycles. The quantitative estimate of drug-likeness (QED) is 0.156. The molecule has 6 rings (SSSR count). The Hall–Kier alpha value is -5.40. The van der Waals surface area contributed by atoms with Crippen molar-refractivity contribution < 1.29 is 23.1 Å². The highest BCUT2D eigenvalue weighted by molar-refractivity contribution is 6.39. The molecule has 1 aliphatic rings. The maximum atomic E-state index is 15.3. The molecule has 0 atom stereocenters. The number of pyridine rings is 1. The number of allylic oxidation sites excluding steroid dienone is 4. The molecule has 0 unspecified atom stereocenters. The molecular formula is C38H27ClF2N2O3. The van der Waals surface area contributed by atoms with Gasteiger partial charge in [-0.1, -0.05) is 103 Å². The van der Waals surface area contributed by atoms with Gasteiger partial charge in [0.2, 0.25) is 0 Å². The number of hydrogen-bond donors (Lipinski definition) is 1. The third-order valence-electron chi connectivity index (χ3n) is 7.57. The van der Waals surface area contributed by atoms with Crippen molar-refractivity contribution in [2.45, 2.75) is 18.9 Å². The minimum absolute atomic E-state index is 0.0236. The van der Waals surface area contributed by atoms with Gasteiger partial charge in [0, 0.05) is 24.3 Å². The Morgan fingerprint density at radius 1 is 0.848 bits per heavy atom. The van der Waals surface area contributed by atoms with Crippen molar-refractivity contribution >= 4 is 34.6 Å². The summed E-state index contributed by atoms with van der Waals surface area (Å²) in [5.74, 6) is -1.54. The number of halogens is 3. The van der Waals surface area contributed by atoms with Crippen molar-refractivity contribution in [3.63, 3.8) is 0 Å². The van der Waals surface area contributed by atoms with Crippen molar-refractivity contribution in [2.75, 3.05) is 5.32 Å². The lowest BCUT2D eigenvalue weighted by Gasteiger charge is -2.21. The van der Waals surface area contributed by atoms with E-state index in [1.165, 1.54) is 48.7 Å². The molecule has 228 valence electrons. The van der Waals surface area contributed by atoms with Crippen LogP contribution in [0.25, 0.3) is 5.57 Å². The van der Waals surface area contributed by atoms with E-state index in [1.54, 1.807) is 18.2 Å². The number of nitrogens with one attached hydrogen (secondary N) is 1. The number of ketones is 2. The second kappa shape index (κ2) is 13.7. The van der Waals surface area contributed by atoms with Crippen LogP contribution in [0.4, 0.5) is 14.6 Å². The largest absolute Gasteiger partial charge is 0.453 e. The molecule has 0 radical (unpaired) electrons. The van der Waals surface area contributed by atoms with Crippen molar-refractivity contribution in [2.24, 2.45) is 0 Å².